The van der Waals surface area contributed by atoms with E-state index >= 15 is 0 Å². The van der Waals surface area contributed by atoms with Crippen molar-refractivity contribution in [2.24, 2.45) is 0 Å². The van der Waals surface area contributed by atoms with E-state index in [0.717, 1.165) is 6.07 Å². The van der Waals surface area contributed by atoms with Crippen LogP contribution in [0.4, 0.5) is 0 Å². The van der Waals surface area contributed by atoms with Crippen molar-refractivity contribution in [1.82, 2.24) is 0 Å². The van der Waals surface area contributed by atoms with E-state index in [1.807, 2.05) is 0 Å². The van der Waals surface area contributed by atoms with Gasteiger partial charge in [-0.15, -0.1) is 0 Å². The molecule has 0 amide bonds. The Bertz CT molecular complexity index is 1310. The predicted molar refractivity (Wildman–Crippen MR) is 140 cm³/mol. The van der Waals surface area contributed by atoms with Gasteiger partial charge >= 0.3 is 23.9 Å². The van der Waals surface area contributed by atoms with E-state index in [0.29, 0.717) is 0 Å². The molecule has 0 saturated carbocycles. The second kappa shape index (κ2) is 15.9. The van der Waals surface area contributed by atoms with Crippen LogP contribution in [0, 0.1) is 0 Å². The van der Waals surface area contributed by atoms with Crippen molar-refractivity contribution in [2.45, 2.75) is 0 Å². The normalized spacial score (nSPS) is 9.20. The summed E-state index contributed by atoms with van der Waals surface area (Å²) in [5.74, 6) is -4.03. The van der Waals surface area contributed by atoms with Crippen LogP contribution in [0.1, 0.15) is 41.4 Å². The number of rotatable bonds is 4. The molecule has 0 spiro atoms. The van der Waals surface area contributed by atoms with Crippen molar-refractivity contribution in [3.05, 3.63) is 119 Å². The number of aromatic hydroxyl groups is 4. The smallest absolute Gasteiger partial charge is 0.335 e. The van der Waals surface area contributed by atoms with Crippen molar-refractivity contribution in [3.63, 3.8) is 0 Å². The maximum atomic E-state index is 10.4. The lowest BCUT2D eigenvalue weighted by molar-refractivity contribution is 0.0681. The molecule has 0 fully saturated rings. The van der Waals surface area contributed by atoms with Crippen LogP contribution in [0.15, 0.2) is 97.1 Å². The molecule has 12 heteroatoms. The molecule has 0 aliphatic carbocycles. The molecule has 0 radical (unpaired) electrons. The van der Waals surface area contributed by atoms with E-state index in [2.05, 4.69) is 0 Å². The standard InChI is InChI=1S/2C8H6O4.2C6H6O2/c9-7(10)5-1-2-6(4-3-5)8(11)12;9-7(10)5-2-1-3-6(4-5)8(11)12;2*7-5-2-1-3-6(8)4-5/h2*1-4H,(H,9,10)(H,11,12);2*1-4,7-8H. The second-order valence-electron chi connectivity index (χ2n) is 7.42. The first kappa shape index (κ1) is 32.0. The quantitative estimate of drug-likeness (QED) is 0.176. The zero-order chi connectivity index (χ0) is 30.2. The van der Waals surface area contributed by atoms with E-state index in [-0.39, 0.29) is 45.3 Å². The molecule has 12 nitrogen and oxygen atoms in total. The van der Waals surface area contributed by atoms with Crippen LogP contribution in [0.5, 0.6) is 23.0 Å². The molecule has 4 rings (SSSR count). The molecule has 40 heavy (non-hydrogen) atoms. The Labute approximate surface area is 226 Å². The number of carboxylic acids is 4. The molecular weight excluding hydrogens is 528 g/mol. The highest BCUT2D eigenvalue weighted by Gasteiger charge is 2.07. The fourth-order valence-electron chi connectivity index (χ4n) is 2.53. The average Bonchev–Trinajstić information content (AvgIpc) is 2.89. The largest absolute Gasteiger partial charge is 0.508 e. The first-order valence-corrected chi connectivity index (χ1v) is 10.9. The Kier molecular flexibility index (Phi) is 12.7. The summed E-state index contributed by atoms with van der Waals surface area (Å²) in [6, 6.07) is 21.9. The molecule has 0 atom stereocenters. The molecule has 0 aromatic heterocycles. The minimum Gasteiger partial charge on any atom is -0.508 e. The molecule has 208 valence electrons. The van der Waals surface area contributed by atoms with Crippen molar-refractivity contribution in [3.8, 4) is 23.0 Å². The number of phenols is 4. The average molecular weight is 552 g/mol. The molecule has 0 bridgehead atoms. The maximum absolute atomic E-state index is 10.4. The van der Waals surface area contributed by atoms with Crippen LogP contribution in [0.25, 0.3) is 0 Å². The van der Waals surface area contributed by atoms with Gasteiger partial charge in [0, 0.05) is 12.1 Å². The molecule has 0 saturated heterocycles. The molecule has 8 N–H and O–H groups in total. The summed E-state index contributed by atoms with van der Waals surface area (Å²) < 4.78 is 0. The van der Waals surface area contributed by atoms with Gasteiger partial charge in [0.2, 0.25) is 0 Å². The zero-order valence-corrected chi connectivity index (χ0v) is 20.4. The Morgan fingerprint density at radius 3 is 0.800 bits per heavy atom. The van der Waals surface area contributed by atoms with Crippen molar-refractivity contribution >= 4 is 23.9 Å². The van der Waals surface area contributed by atoms with E-state index in [4.69, 9.17) is 40.9 Å². The number of hydrogen-bond donors (Lipinski definition) is 8. The van der Waals surface area contributed by atoms with Crippen LogP contribution in [0.3, 0.4) is 0 Å². The topological polar surface area (TPSA) is 230 Å². The summed E-state index contributed by atoms with van der Waals surface area (Å²) in [5.41, 5.74) is 0.129. The highest BCUT2D eigenvalue weighted by Crippen LogP contribution is 2.15. The van der Waals surface area contributed by atoms with Gasteiger partial charge < -0.3 is 40.9 Å². The van der Waals surface area contributed by atoms with E-state index in [1.54, 1.807) is 12.1 Å². The summed E-state index contributed by atoms with van der Waals surface area (Å²) in [6.45, 7) is 0. The van der Waals surface area contributed by atoms with Crippen LogP contribution in [0.2, 0.25) is 0 Å². The third-order valence-electron chi connectivity index (χ3n) is 4.39. The summed E-state index contributed by atoms with van der Waals surface area (Å²) in [6.07, 6.45) is 0. The lowest BCUT2D eigenvalue weighted by Crippen LogP contribution is -2.01. The van der Waals surface area contributed by atoms with Crippen molar-refractivity contribution < 1.29 is 60.0 Å². The maximum Gasteiger partial charge on any atom is 0.335 e. The highest BCUT2D eigenvalue weighted by molar-refractivity contribution is 5.93. The predicted octanol–water partition coefficient (Wildman–Crippen LogP) is 4.36. The Morgan fingerprint density at radius 1 is 0.350 bits per heavy atom. The van der Waals surface area contributed by atoms with Crippen LogP contribution in [-0.2, 0) is 0 Å². The van der Waals surface area contributed by atoms with Gasteiger partial charge in [-0.05, 0) is 66.7 Å². The summed E-state index contributed by atoms with van der Waals surface area (Å²) >= 11 is 0. The molecule has 0 aliphatic rings. The fourth-order valence-corrected chi connectivity index (χ4v) is 2.53. The van der Waals surface area contributed by atoms with Crippen LogP contribution >= 0.6 is 0 Å². The number of benzene rings is 4. The molecule has 0 unspecified atom stereocenters. The molecule has 0 aliphatic heterocycles. The van der Waals surface area contributed by atoms with Gasteiger partial charge in [-0.2, -0.15) is 0 Å². The van der Waals surface area contributed by atoms with Crippen LogP contribution in [-0.4, -0.2) is 64.7 Å². The fraction of sp³-hybridized carbons (Fsp3) is 0. The third kappa shape index (κ3) is 12.3. The van der Waals surface area contributed by atoms with E-state index in [1.165, 1.54) is 78.9 Å². The van der Waals surface area contributed by atoms with Gasteiger partial charge in [-0.3, -0.25) is 0 Å². The Morgan fingerprint density at radius 2 is 0.600 bits per heavy atom. The van der Waals surface area contributed by atoms with E-state index < -0.39 is 23.9 Å². The SMILES string of the molecule is O=C(O)c1ccc(C(=O)O)cc1.O=C(O)c1cccc(C(=O)O)c1.Oc1cccc(O)c1.Oc1cccc(O)c1. The van der Waals surface area contributed by atoms with Crippen molar-refractivity contribution in [2.75, 3.05) is 0 Å². The lowest BCUT2D eigenvalue weighted by atomic mass is 10.1. The van der Waals surface area contributed by atoms with Gasteiger partial charge in [-0.25, -0.2) is 19.2 Å². The summed E-state index contributed by atoms with van der Waals surface area (Å²) in [4.78, 5) is 41.4. The van der Waals surface area contributed by atoms with Gasteiger partial charge in [0.1, 0.15) is 23.0 Å². The van der Waals surface area contributed by atoms with Gasteiger partial charge in [0.05, 0.1) is 22.3 Å². The Balaban J connectivity index is 0.000000271. The molecule has 4 aromatic carbocycles. The van der Waals surface area contributed by atoms with Gasteiger partial charge in [0.15, 0.2) is 0 Å². The number of hydrogen-bond acceptors (Lipinski definition) is 8. The monoisotopic (exact) mass is 552 g/mol. The molecule has 0 heterocycles. The molecular formula is C28H24O12. The number of carbonyl (C=O) groups is 4. The number of carboxylic acid groups (broad SMARTS) is 4. The van der Waals surface area contributed by atoms with E-state index in [9.17, 15) is 19.2 Å². The first-order valence-electron chi connectivity index (χ1n) is 10.9. The summed E-state index contributed by atoms with van der Waals surface area (Å²) in [5, 5.41) is 68.5. The Hall–Kier alpha value is -6.04. The summed E-state index contributed by atoms with van der Waals surface area (Å²) in [7, 11) is 0. The number of phenolic OH excluding ortho intramolecular Hbond substituents is 4. The molecule has 4 aromatic rings. The zero-order valence-electron chi connectivity index (χ0n) is 20.4. The van der Waals surface area contributed by atoms with Crippen molar-refractivity contribution in [1.29, 1.82) is 0 Å². The minimum absolute atomic E-state index is 0.0186. The highest BCUT2D eigenvalue weighted by atomic mass is 16.4. The second-order valence-corrected chi connectivity index (χ2v) is 7.42. The minimum atomic E-state index is -1.13. The van der Waals surface area contributed by atoms with Gasteiger partial charge in [-0.1, -0.05) is 18.2 Å². The number of aromatic carboxylic acids is 4. The first-order chi connectivity index (χ1) is 18.8. The van der Waals surface area contributed by atoms with Gasteiger partial charge in [0.25, 0.3) is 0 Å². The third-order valence-corrected chi connectivity index (χ3v) is 4.39. The van der Waals surface area contributed by atoms with Crippen LogP contribution < -0.4 is 0 Å². The lowest BCUT2D eigenvalue weighted by Gasteiger charge is -1.95.